The van der Waals surface area contributed by atoms with Gasteiger partial charge in [-0.3, -0.25) is 4.79 Å². The molecule has 1 aromatic rings. The normalized spacial score (nSPS) is 10.7. The Morgan fingerprint density at radius 1 is 0.829 bits per heavy atom. The van der Waals surface area contributed by atoms with Gasteiger partial charge < -0.3 is 20.0 Å². The molecule has 1 N–H and O–H groups in total. The second-order valence-electron chi connectivity index (χ2n) is 8.65. The third kappa shape index (κ3) is 17.4. The van der Waals surface area contributed by atoms with Gasteiger partial charge in [-0.15, -0.1) is 0 Å². The molecule has 0 fully saturated rings. The quantitative estimate of drug-likeness (QED) is 0.130. The average molecular weight is 496 g/mol. The molecule has 0 unspecified atom stereocenters. The Labute approximate surface area is 233 Å². The third-order valence-electron chi connectivity index (χ3n) is 5.69. The Morgan fingerprint density at radius 2 is 1.37 bits per heavy atom. The van der Waals surface area contributed by atoms with Gasteiger partial charge in [0.05, 0.1) is 18.1 Å². The number of amides is 1. The van der Waals surface area contributed by atoms with E-state index in [2.05, 4.69) is 24.4 Å². The van der Waals surface area contributed by atoms with Crippen molar-refractivity contribution in [2.75, 3.05) is 13.2 Å². The Morgan fingerprint density at radius 3 is 1.97 bits per heavy atom. The number of ether oxygens (including phenoxy) is 1. The number of rotatable bonds is 20. The number of aromatic carboxylic acids is 1. The van der Waals surface area contributed by atoms with E-state index in [-0.39, 0.29) is 59.7 Å². The number of hydrogen-bond donors (Lipinski definition) is 1. The van der Waals surface area contributed by atoms with Gasteiger partial charge in [-0.05, 0) is 38.2 Å². The summed E-state index contributed by atoms with van der Waals surface area (Å²) in [5.74, 6) is -2.24. The van der Waals surface area contributed by atoms with Crippen molar-refractivity contribution in [3.05, 3.63) is 47.5 Å². The Hall–Kier alpha value is -1.63. The van der Waals surface area contributed by atoms with Crippen LogP contribution in [0.4, 0.5) is 0 Å². The first-order valence-electron chi connectivity index (χ1n) is 13.0. The summed E-state index contributed by atoms with van der Waals surface area (Å²) < 4.78 is 5.05. The molecule has 0 saturated carbocycles. The number of esters is 1. The number of carbonyl (C=O) groups is 3. The van der Waals surface area contributed by atoms with Gasteiger partial charge in [0.15, 0.2) is 0 Å². The van der Waals surface area contributed by atoms with E-state index >= 15 is 0 Å². The topological polar surface area (TPSA) is 95.5 Å². The number of carboxylic acids is 1. The average Bonchev–Trinajstić information content (AvgIpc) is 2.84. The summed E-state index contributed by atoms with van der Waals surface area (Å²) in [6.07, 6.45) is 20.9. The van der Waals surface area contributed by atoms with Gasteiger partial charge in [-0.1, -0.05) is 88.6 Å². The zero-order chi connectivity index (χ0) is 24.9. The maximum Gasteiger partial charge on any atom is 1.00 e. The summed E-state index contributed by atoms with van der Waals surface area (Å²) in [6.45, 7) is 2.43. The maximum atomic E-state index is 12.0. The van der Waals surface area contributed by atoms with Crippen LogP contribution >= 0.6 is 0 Å². The fourth-order valence-electron chi connectivity index (χ4n) is 3.70. The molecule has 0 aliphatic carbocycles. The van der Waals surface area contributed by atoms with Crippen LogP contribution < -0.4 is 40.0 Å². The van der Waals surface area contributed by atoms with Crippen molar-refractivity contribution >= 4 is 17.8 Å². The summed E-state index contributed by atoms with van der Waals surface area (Å²) in [6, 6.07) is 5.73. The van der Waals surface area contributed by atoms with Crippen molar-refractivity contribution in [1.29, 1.82) is 0 Å². The van der Waals surface area contributed by atoms with Crippen molar-refractivity contribution in [3.63, 3.8) is 0 Å². The van der Waals surface area contributed by atoms with Gasteiger partial charge in [0, 0.05) is 12.0 Å². The predicted molar refractivity (Wildman–Crippen MR) is 134 cm³/mol. The van der Waals surface area contributed by atoms with Gasteiger partial charge in [0.2, 0.25) is 5.91 Å². The van der Waals surface area contributed by atoms with Crippen LogP contribution in [0.5, 0.6) is 0 Å². The molecule has 0 bridgehead atoms. The van der Waals surface area contributed by atoms with Gasteiger partial charge in [0.1, 0.15) is 6.61 Å². The predicted octanol–water partition coefficient (Wildman–Crippen LogP) is 2.36. The molecule has 1 aromatic carbocycles. The van der Waals surface area contributed by atoms with E-state index in [0.717, 1.165) is 25.7 Å². The molecule has 6 nitrogen and oxygen atoms in total. The molecule has 1 amide bonds. The summed E-state index contributed by atoms with van der Waals surface area (Å²) in [7, 11) is 0. The third-order valence-corrected chi connectivity index (χ3v) is 5.69. The van der Waals surface area contributed by atoms with Crippen LogP contribution in [0.15, 0.2) is 36.4 Å². The molecule has 1 rings (SSSR count). The molecule has 0 radical (unpaired) electrons. The van der Waals surface area contributed by atoms with Crippen molar-refractivity contribution in [1.82, 2.24) is 5.32 Å². The maximum absolute atomic E-state index is 12.0. The van der Waals surface area contributed by atoms with Crippen LogP contribution in [-0.2, 0) is 9.53 Å². The molecular weight excluding hydrogens is 453 g/mol. The molecule has 0 atom stereocenters. The minimum absolute atomic E-state index is 0. The summed E-state index contributed by atoms with van der Waals surface area (Å²) >= 11 is 0. The number of carbonyl (C=O) groups excluding carboxylic acids is 3. The number of allylic oxidation sites excluding steroid dienone is 2. The van der Waals surface area contributed by atoms with E-state index < -0.39 is 11.9 Å². The Bertz CT molecular complexity index is 751. The van der Waals surface area contributed by atoms with E-state index in [1.165, 1.54) is 76.0 Å². The van der Waals surface area contributed by atoms with Crippen LogP contribution in [0.25, 0.3) is 0 Å². The number of nitrogens with one attached hydrogen (secondary N) is 1. The molecule has 0 aliphatic rings. The minimum atomic E-state index is -1.43. The van der Waals surface area contributed by atoms with E-state index in [0.29, 0.717) is 6.42 Å². The number of hydrogen-bond acceptors (Lipinski definition) is 5. The molecule has 0 aliphatic heterocycles. The van der Waals surface area contributed by atoms with E-state index in [1.54, 1.807) is 6.07 Å². The standard InChI is InChI=1S/C28H43NO5.Na/c1-2-3-4-5-6-7-8-9-10-11-12-13-14-15-16-21-26(30)29-22-23-34-28(33)25-20-18-17-19-24(25)27(31)32;/h9-10,17-20H,2-8,11-16,21-23H2,1H3,(H,29,30)(H,31,32);/q;+1/p-1/b10-9+;. The van der Waals surface area contributed by atoms with Crippen molar-refractivity contribution in [2.45, 2.75) is 96.8 Å². The SMILES string of the molecule is CCCCCCCC/C=C/CCCCCCCC(=O)NCCOC(=O)c1ccccc1C(=O)[O-].[Na+]. The molecule has 0 aromatic heterocycles. The molecule has 7 heteroatoms. The molecule has 190 valence electrons. The van der Waals surface area contributed by atoms with E-state index in [4.69, 9.17) is 4.74 Å². The first-order chi connectivity index (χ1) is 16.6. The van der Waals surface area contributed by atoms with Crippen LogP contribution in [0, 0.1) is 0 Å². The largest absolute Gasteiger partial charge is 1.00 e. The fourth-order valence-corrected chi connectivity index (χ4v) is 3.70. The second-order valence-corrected chi connectivity index (χ2v) is 8.65. The number of unbranched alkanes of at least 4 members (excludes halogenated alkanes) is 11. The van der Waals surface area contributed by atoms with Gasteiger partial charge in [-0.25, -0.2) is 4.79 Å². The van der Waals surface area contributed by atoms with Gasteiger partial charge in [-0.2, -0.15) is 0 Å². The fraction of sp³-hybridized carbons (Fsp3) is 0.607. The van der Waals surface area contributed by atoms with Crippen molar-refractivity contribution in [2.24, 2.45) is 0 Å². The summed E-state index contributed by atoms with van der Waals surface area (Å²) in [5, 5.41) is 13.8. The Balaban J connectivity index is 0.0000116. The van der Waals surface area contributed by atoms with E-state index in [9.17, 15) is 19.5 Å². The number of benzene rings is 1. The molecule has 0 heterocycles. The zero-order valence-electron chi connectivity index (χ0n) is 21.8. The molecule has 35 heavy (non-hydrogen) atoms. The smallest absolute Gasteiger partial charge is 0.545 e. The first kappa shape index (κ1) is 33.4. The second kappa shape index (κ2) is 22.8. The van der Waals surface area contributed by atoms with Crippen molar-refractivity contribution < 1.29 is 53.8 Å². The van der Waals surface area contributed by atoms with Crippen LogP contribution in [0.1, 0.15) is 118 Å². The number of carboxylic acid groups (broad SMARTS) is 1. The van der Waals surface area contributed by atoms with Crippen LogP contribution in [-0.4, -0.2) is 31.0 Å². The van der Waals surface area contributed by atoms with Crippen LogP contribution in [0.3, 0.4) is 0 Å². The summed E-state index contributed by atoms with van der Waals surface area (Å²) in [4.78, 5) is 34.9. The van der Waals surface area contributed by atoms with Crippen molar-refractivity contribution in [3.8, 4) is 0 Å². The van der Waals surface area contributed by atoms with Gasteiger partial charge >= 0.3 is 35.5 Å². The minimum Gasteiger partial charge on any atom is -0.545 e. The van der Waals surface area contributed by atoms with E-state index in [1.807, 2.05) is 0 Å². The molecule has 0 spiro atoms. The van der Waals surface area contributed by atoms with Crippen LogP contribution in [0.2, 0.25) is 0 Å². The monoisotopic (exact) mass is 495 g/mol. The first-order valence-corrected chi connectivity index (χ1v) is 13.0. The zero-order valence-corrected chi connectivity index (χ0v) is 23.8. The van der Waals surface area contributed by atoms with Gasteiger partial charge in [0.25, 0.3) is 0 Å². The molecular formula is C28H42NNaO5. The molecule has 0 saturated heterocycles. The summed E-state index contributed by atoms with van der Waals surface area (Å²) in [5.41, 5.74) is -0.261. The Kier molecular flexibility index (Phi) is 21.7.